The Kier molecular flexibility index (Phi) is 20.4. The molecule has 0 radical (unpaired) electrons. The fourth-order valence-electron chi connectivity index (χ4n) is 1.65. The minimum atomic E-state index is 0.831. The van der Waals surface area contributed by atoms with E-state index in [-0.39, 0.29) is 0 Å². The van der Waals surface area contributed by atoms with E-state index < -0.39 is 0 Å². The summed E-state index contributed by atoms with van der Waals surface area (Å²) >= 11 is 11.0. The Morgan fingerprint density at radius 2 is 0.889 bits per heavy atom. The molecule has 0 nitrogen and oxygen atoms in total. The Morgan fingerprint density at radius 1 is 0.556 bits per heavy atom. The van der Waals surface area contributed by atoms with Gasteiger partial charge >= 0.3 is 0 Å². The Bertz CT molecular complexity index is 117. The molecule has 0 unspecified atom stereocenters. The molecule has 0 saturated carbocycles. The second-order valence-corrected chi connectivity index (χ2v) is 6.62. The first kappa shape index (κ1) is 20.9. The van der Waals surface area contributed by atoms with Gasteiger partial charge in [-0.25, -0.2) is 0 Å². The van der Waals surface area contributed by atoms with Crippen molar-refractivity contribution in [1.29, 1.82) is 0 Å². The van der Waals surface area contributed by atoms with Gasteiger partial charge in [-0.05, 0) is 24.7 Å². The van der Waals surface area contributed by atoms with E-state index in [0.717, 1.165) is 23.6 Å². The van der Waals surface area contributed by atoms with Gasteiger partial charge in [0, 0.05) is 11.8 Å². The summed E-state index contributed by atoms with van der Waals surface area (Å²) in [6, 6.07) is 0. The zero-order chi connectivity index (χ0) is 14.2. The summed E-state index contributed by atoms with van der Waals surface area (Å²) in [4.78, 5) is 0. The van der Waals surface area contributed by atoms with E-state index in [1.54, 1.807) is 0 Å². The monoisotopic (exact) mass is 296 g/mol. The molecule has 0 aliphatic rings. The smallest absolute Gasteiger partial charge is 0.0223 e. The van der Waals surface area contributed by atoms with Crippen molar-refractivity contribution in [3.05, 3.63) is 0 Å². The number of hydrogen-bond acceptors (Lipinski definition) is 0. The second kappa shape index (κ2) is 17.6. The van der Waals surface area contributed by atoms with E-state index in [0.29, 0.717) is 0 Å². The quantitative estimate of drug-likeness (QED) is 0.304. The Labute approximate surface area is 126 Å². The molecule has 0 N–H and O–H groups in total. The van der Waals surface area contributed by atoms with E-state index in [2.05, 4.69) is 27.7 Å². The van der Waals surface area contributed by atoms with Gasteiger partial charge in [0.15, 0.2) is 0 Å². The molecule has 18 heavy (non-hydrogen) atoms. The lowest BCUT2D eigenvalue weighted by atomic mass is 10.1. The number of hydrogen-bond donors (Lipinski definition) is 0. The lowest BCUT2D eigenvalue weighted by Crippen LogP contribution is -1.86. The summed E-state index contributed by atoms with van der Waals surface area (Å²) in [5.41, 5.74) is 0. The third-order valence-corrected chi connectivity index (χ3v) is 3.36. The van der Waals surface area contributed by atoms with Gasteiger partial charge in [0.1, 0.15) is 0 Å². The summed E-state index contributed by atoms with van der Waals surface area (Å²) in [7, 11) is 0. The Morgan fingerprint density at radius 3 is 1.11 bits per heavy atom. The first-order chi connectivity index (χ1) is 8.54. The van der Waals surface area contributed by atoms with E-state index in [4.69, 9.17) is 23.2 Å². The third kappa shape index (κ3) is 25.4. The highest BCUT2D eigenvalue weighted by Crippen LogP contribution is 2.08. The van der Waals surface area contributed by atoms with Crippen molar-refractivity contribution in [1.82, 2.24) is 0 Å². The van der Waals surface area contributed by atoms with Gasteiger partial charge in [-0.1, -0.05) is 66.2 Å². The molecule has 2 heteroatoms. The van der Waals surface area contributed by atoms with Gasteiger partial charge in [0.25, 0.3) is 0 Å². The van der Waals surface area contributed by atoms with Crippen molar-refractivity contribution in [3.8, 4) is 0 Å². The van der Waals surface area contributed by atoms with Gasteiger partial charge in [-0.3, -0.25) is 0 Å². The highest BCUT2D eigenvalue weighted by Gasteiger charge is 1.93. The zero-order valence-electron chi connectivity index (χ0n) is 13.0. The van der Waals surface area contributed by atoms with Crippen molar-refractivity contribution < 1.29 is 0 Å². The highest BCUT2D eigenvalue weighted by atomic mass is 35.5. The van der Waals surface area contributed by atoms with Gasteiger partial charge in [-0.2, -0.15) is 0 Å². The summed E-state index contributed by atoms with van der Waals surface area (Å²) in [6.45, 7) is 9.06. The largest absolute Gasteiger partial charge is 0.127 e. The number of rotatable bonds is 10. The number of halogens is 2. The second-order valence-electron chi connectivity index (χ2n) is 5.86. The molecule has 0 aliphatic carbocycles. The molecule has 0 aromatic heterocycles. The standard InChI is InChI=1S/2C8H17Cl/c2*1-8(2)6-4-3-5-7-9/h2*8H,3-7H2,1-2H3. The van der Waals surface area contributed by atoms with E-state index in [1.165, 1.54) is 51.4 Å². The van der Waals surface area contributed by atoms with E-state index >= 15 is 0 Å². The number of unbranched alkanes of at least 4 members (excludes halogenated alkanes) is 4. The molecular weight excluding hydrogens is 263 g/mol. The molecule has 0 rings (SSSR count). The van der Waals surface area contributed by atoms with E-state index in [9.17, 15) is 0 Å². The Balaban J connectivity index is 0. The highest BCUT2D eigenvalue weighted by molar-refractivity contribution is 6.18. The topological polar surface area (TPSA) is 0 Å². The van der Waals surface area contributed by atoms with Crippen molar-refractivity contribution in [3.63, 3.8) is 0 Å². The van der Waals surface area contributed by atoms with Crippen LogP contribution in [0.3, 0.4) is 0 Å². The fraction of sp³-hybridized carbons (Fsp3) is 1.00. The molecule has 0 aromatic rings. The van der Waals surface area contributed by atoms with Crippen molar-refractivity contribution >= 4 is 23.2 Å². The molecule has 0 spiro atoms. The van der Waals surface area contributed by atoms with Crippen LogP contribution in [0.5, 0.6) is 0 Å². The predicted molar refractivity (Wildman–Crippen MR) is 88.1 cm³/mol. The van der Waals surface area contributed by atoms with Crippen LogP contribution in [0.4, 0.5) is 0 Å². The molecule has 0 heterocycles. The summed E-state index contributed by atoms with van der Waals surface area (Å²) < 4.78 is 0. The van der Waals surface area contributed by atoms with Gasteiger partial charge in [0.05, 0.1) is 0 Å². The fourth-order valence-corrected chi connectivity index (χ4v) is 2.03. The van der Waals surface area contributed by atoms with Crippen LogP contribution in [0.1, 0.15) is 79.1 Å². The van der Waals surface area contributed by atoms with Crippen LogP contribution in [0, 0.1) is 11.8 Å². The first-order valence-electron chi connectivity index (χ1n) is 7.66. The molecule has 0 aliphatic heterocycles. The van der Waals surface area contributed by atoms with E-state index in [1.807, 2.05) is 0 Å². The predicted octanol–water partition coefficient (Wildman–Crippen LogP) is 6.88. The molecular formula is C16H34Cl2. The maximum absolute atomic E-state index is 5.52. The molecule has 0 bridgehead atoms. The maximum atomic E-state index is 5.52. The van der Waals surface area contributed by atoms with Gasteiger partial charge < -0.3 is 0 Å². The average molecular weight is 297 g/mol. The third-order valence-electron chi connectivity index (χ3n) is 2.83. The minimum absolute atomic E-state index is 0.831. The zero-order valence-corrected chi connectivity index (χ0v) is 14.5. The lowest BCUT2D eigenvalue weighted by Gasteiger charge is -2.01. The van der Waals surface area contributed by atoms with Crippen LogP contribution < -0.4 is 0 Å². The van der Waals surface area contributed by atoms with Crippen molar-refractivity contribution in [2.45, 2.75) is 79.1 Å². The molecule has 0 fully saturated rings. The van der Waals surface area contributed by atoms with Crippen LogP contribution in [0.2, 0.25) is 0 Å². The molecule has 0 amide bonds. The molecule has 0 aromatic carbocycles. The minimum Gasteiger partial charge on any atom is -0.127 e. The lowest BCUT2D eigenvalue weighted by molar-refractivity contribution is 0.535. The maximum Gasteiger partial charge on any atom is 0.0223 e. The van der Waals surface area contributed by atoms with Crippen LogP contribution in [0.25, 0.3) is 0 Å². The van der Waals surface area contributed by atoms with Crippen LogP contribution in [-0.4, -0.2) is 11.8 Å². The average Bonchev–Trinajstić information content (AvgIpc) is 2.31. The van der Waals surface area contributed by atoms with Gasteiger partial charge in [-0.15, -0.1) is 23.2 Å². The van der Waals surface area contributed by atoms with Crippen LogP contribution in [-0.2, 0) is 0 Å². The van der Waals surface area contributed by atoms with Gasteiger partial charge in [0.2, 0.25) is 0 Å². The summed E-state index contributed by atoms with van der Waals surface area (Å²) in [5.74, 6) is 3.39. The molecule has 0 atom stereocenters. The first-order valence-corrected chi connectivity index (χ1v) is 8.73. The normalized spacial score (nSPS) is 10.7. The summed E-state index contributed by atoms with van der Waals surface area (Å²) in [6.07, 6.45) is 10.4. The SMILES string of the molecule is CC(C)CCCCCCl.CC(C)CCCCCCl. The van der Waals surface area contributed by atoms with Crippen molar-refractivity contribution in [2.75, 3.05) is 11.8 Å². The van der Waals surface area contributed by atoms with Crippen LogP contribution >= 0.6 is 23.2 Å². The Hall–Kier alpha value is 0.580. The molecule has 112 valence electrons. The molecule has 0 saturated heterocycles. The van der Waals surface area contributed by atoms with Crippen molar-refractivity contribution in [2.24, 2.45) is 11.8 Å². The summed E-state index contributed by atoms with van der Waals surface area (Å²) in [5, 5.41) is 0. The van der Waals surface area contributed by atoms with Crippen LogP contribution in [0.15, 0.2) is 0 Å². The number of alkyl halides is 2.